The number of carbonyl (C=O) groups is 3. The maximum absolute atomic E-state index is 13.3. The third-order valence-corrected chi connectivity index (χ3v) is 8.13. The molecule has 0 aliphatic carbocycles. The summed E-state index contributed by atoms with van der Waals surface area (Å²) in [5, 5.41) is 0. The number of carbonyl (C=O) groups excluding carboxylic acids is 3. The number of piperidine rings is 1. The van der Waals surface area contributed by atoms with Crippen LogP contribution in [0.3, 0.4) is 0 Å². The van der Waals surface area contributed by atoms with Gasteiger partial charge in [0, 0.05) is 39.2 Å². The van der Waals surface area contributed by atoms with Gasteiger partial charge in [-0.2, -0.15) is 0 Å². The van der Waals surface area contributed by atoms with E-state index in [1.807, 2.05) is 42.3 Å². The van der Waals surface area contributed by atoms with Crippen LogP contribution in [0, 0.1) is 5.92 Å². The molecule has 2 aromatic carbocycles. The molecule has 0 radical (unpaired) electrons. The molecule has 208 valence electrons. The van der Waals surface area contributed by atoms with Gasteiger partial charge in [-0.05, 0) is 61.9 Å². The SMILES string of the molecule is COc1ccc(CCN(C)C(=O)C2CCN(c3cccc4c3C(=O)N(C[C@@H]3CCCO3)C4=O)CC2)cc1OC. The lowest BCUT2D eigenvalue weighted by Gasteiger charge is -2.35. The Morgan fingerprint density at radius 1 is 1.03 bits per heavy atom. The van der Waals surface area contributed by atoms with Crippen LogP contribution in [-0.2, 0) is 16.0 Å². The molecular weight excluding hydrogens is 498 g/mol. The molecule has 1 atom stereocenters. The minimum absolute atomic E-state index is 0.0678. The second-order valence-corrected chi connectivity index (χ2v) is 10.5. The summed E-state index contributed by atoms with van der Waals surface area (Å²) in [5.41, 5.74) is 2.81. The van der Waals surface area contributed by atoms with Crippen molar-refractivity contribution in [3.8, 4) is 11.5 Å². The standard InChI is InChI=1S/C30H37N3O6/c1-31(14-11-20-9-10-25(37-2)26(18-20)38-3)28(34)21-12-15-32(16-13-21)24-8-4-7-23-27(24)30(36)33(29(23)35)19-22-6-5-17-39-22/h4,7-10,18,21-22H,5-6,11-17,19H2,1-3H3/t22-/m0/s1. The Labute approximate surface area is 229 Å². The topological polar surface area (TPSA) is 88.6 Å². The van der Waals surface area contributed by atoms with Gasteiger partial charge >= 0.3 is 0 Å². The summed E-state index contributed by atoms with van der Waals surface area (Å²) in [6.45, 7) is 2.90. The van der Waals surface area contributed by atoms with Gasteiger partial charge < -0.3 is 24.0 Å². The highest BCUT2D eigenvalue weighted by molar-refractivity contribution is 6.23. The molecule has 3 amide bonds. The van der Waals surface area contributed by atoms with Gasteiger partial charge in [0.15, 0.2) is 11.5 Å². The van der Waals surface area contributed by atoms with Crippen molar-refractivity contribution in [2.75, 3.05) is 59.0 Å². The first-order valence-corrected chi connectivity index (χ1v) is 13.7. The zero-order valence-corrected chi connectivity index (χ0v) is 23.0. The van der Waals surface area contributed by atoms with Crippen molar-refractivity contribution in [2.45, 2.75) is 38.2 Å². The molecular formula is C30H37N3O6. The first-order valence-electron chi connectivity index (χ1n) is 13.7. The van der Waals surface area contributed by atoms with Crippen LogP contribution in [-0.4, -0.2) is 87.7 Å². The number of rotatable bonds is 9. The largest absolute Gasteiger partial charge is 0.493 e. The molecule has 3 aliphatic heterocycles. The molecule has 0 spiro atoms. The van der Waals surface area contributed by atoms with Gasteiger partial charge in [0.05, 0.1) is 43.7 Å². The maximum Gasteiger partial charge on any atom is 0.263 e. The number of hydrogen-bond donors (Lipinski definition) is 0. The lowest BCUT2D eigenvalue weighted by atomic mass is 9.94. The monoisotopic (exact) mass is 535 g/mol. The highest BCUT2D eigenvalue weighted by Gasteiger charge is 2.40. The van der Waals surface area contributed by atoms with Gasteiger partial charge in [0.2, 0.25) is 5.91 Å². The number of amides is 3. The van der Waals surface area contributed by atoms with Crippen molar-refractivity contribution in [2.24, 2.45) is 5.92 Å². The molecule has 0 unspecified atom stereocenters. The molecule has 0 N–H and O–H groups in total. The summed E-state index contributed by atoms with van der Waals surface area (Å²) in [5.74, 6) is 0.953. The average molecular weight is 536 g/mol. The average Bonchev–Trinajstić information content (AvgIpc) is 3.58. The van der Waals surface area contributed by atoms with Crippen LogP contribution in [0.25, 0.3) is 0 Å². The molecule has 0 aromatic heterocycles. The van der Waals surface area contributed by atoms with Crippen LogP contribution in [0.4, 0.5) is 5.69 Å². The highest BCUT2D eigenvalue weighted by Crippen LogP contribution is 2.35. The molecule has 0 bridgehead atoms. The molecule has 5 rings (SSSR count). The van der Waals surface area contributed by atoms with Crippen molar-refractivity contribution < 1.29 is 28.6 Å². The quantitative estimate of drug-likeness (QED) is 0.455. The zero-order chi connectivity index (χ0) is 27.5. The van der Waals surface area contributed by atoms with Crippen molar-refractivity contribution in [1.29, 1.82) is 0 Å². The first kappa shape index (κ1) is 27.0. The predicted molar refractivity (Wildman–Crippen MR) is 147 cm³/mol. The second kappa shape index (κ2) is 11.7. The summed E-state index contributed by atoms with van der Waals surface area (Å²) in [4.78, 5) is 44.9. The van der Waals surface area contributed by atoms with Crippen LogP contribution in [0.5, 0.6) is 11.5 Å². The van der Waals surface area contributed by atoms with Crippen LogP contribution in [0.15, 0.2) is 36.4 Å². The number of anilines is 1. The summed E-state index contributed by atoms with van der Waals surface area (Å²) < 4.78 is 16.4. The molecule has 9 heteroatoms. The summed E-state index contributed by atoms with van der Waals surface area (Å²) >= 11 is 0. The Morgan fingerprint density at radius 2 is 1.79 bits per heavy atom. The first-order chi connectivity index (χ1) is 18.9. The van der Waals surface area contributed by atoms with E-state index in [0.717, 1.165) is 30.5 Å². The molecule has 9 nitrogen and oxygen atoms in total. The van der Waals surface area contributed by atoms with E-state index in [1.165, 1.54) is 4.90 Å². The molecule has 3 aliphatic rings. The van der Waals surface area contributed by atoms with E-state index in [4.69, 9.17) is 14.2 Å². The van der Waals surface area contributed by atoms with E-state index in [9.17, 15) is 14.4 Å². The van der Waals surface area contributed by atoms with Crippen LogP contribution >= 0.6 is 0 Å². The maximum atomic E-state index is 13.3. The van der Waals surface area contributed by atoms with Gasteiger partial charge in [-0.1, -0.05) is 12.1 Å². The number of hydrogen-bond acceptors (Lipinski definition) is 7. The molecule has 3 heterocycles. The Kier molecular flexibility index (Phi) is 8.07. The van der Waals surface area contributed by atoms with Gasteiger partial charge in [0.25, 0.3) is 11.8 Å². The zero-order valence-electron chi connectivity index (χ0n) is 23.0. The fraction of sp³-hybridized carbons (Fsp3) is 0.500. The molecule has 39 heavy (non-hydrogen) atoms. The van der Waals surface area contributed by atoms with Gasteiger partial charge in [-0.15, -0.1) is 0 Å². The number of fused-ring (bicyclic) bond motifs is 1. The predicted octanol–water partition coefficient (Wildman–Crippen LogP) is 3.40. The number of nitrogens with zero attached hydrogens (tertiary/aromatic N) is 3. The normalized spacial score (nSPS) is 19.4. The van der Waals surface area contributed by atoms with Crippen LogP contribution in [0.2, 0.25) is 0 Å². The van der Waals surface area contributed by atoms with Crippen molar-refractivity contribution in [3.05, 3.63) is 53.1 Å². The van der Waals surface area contributed by atoms with E-state index in [1.54, 1.807) is 20.3 Å². The number of likely N-dealkylation sites (N-methyl/N-ethyl adjacent to an activating group) is 1. The summed E-state index contributed by atoms with van der Waals surface area (Å²) in [6, 6.07) is 11.3. The van der Waals surface area contributed by atoms with Crippen molar-refractivity contribution >= 4 is 23.4 Å². The number of benzene rings is 2. The molecule has 0 saturated carbocycles. The van der Waals surface area contributed by atoms with E-state index in [-0.39, 0.29) is 29.7 Å². The van der Waals surface area contributed by atoms with E-state index >= 15 is 0 Å². The smallest absolute Gasteiger partial charge is 0.263 e. The molecule has 2 saturated heterocycles. The number of ether oxygens (including phenoxy) is 3. The third-order valence-electron chi connectivity index (χ3n) is 8.13. The summed E-state index contributed by atoms with van der Waals surface area (Å²) in [6.07, 6.45) is 3.86. The minimum Gasteiger partial charge on any atom is -0.493 e. The number of methoxy groups -OCH3 is 2. The fourth-order valence-corrected chi connectivity index (χ4v) is 5.86. The molecule has 2 aromatic rings. The molecule has 2 fully saturated rings. The summed E-state index contributed by atoms with van der Waals surface area (Å²) in [7, 11) is 5.08. The lowest BCUT2D eigenvalue weighted by Crippen LogP contribution is -2.42. The van der Waals surface area contributed by atoms with E-state index in [0.29, 0.717) is 68.3 Å². The van der Waals surface area contributed by atoms with Crippen LogP contribution < -0.4 is 14.4 Å². The Morgan fingerprint density at radius 3 is 2.49 bits per heavy atom. The fourth-order valence-electron chi connectivity index (χ4n) is 5.86. The number of imide groups is 1. The van der Waals surface area contributed by atoms with Crippen LogP contribution in [0.1, 0.15) is 52.0 Å². The minimum atomic E-state index is -0.242. The van der Waals surface area contributed by atoms with Crippen molar-refractivity contribution in [3.63, 3.8) is 0 Å². The van der Waals surface area contributed by atoms with Gasteiger partial charge in [-0.3, -0.25) is 19.3 Å². The van der Waals surface area contributed by atoms with Gasteiger partial charge in [0.1, 0.15) is 0 Å². The Balaban J connectivity index is 1.18. The Hall–Kier alpha value is -3.59. The van der Waals surface area contributed by atoms with Crippen molar-refractivity contribution in [1.82, 2.24) is 9.80 Å². The van der Waals surface area contributed by atoms with Gasteiger partial charge in [-0.25, -0.2) is 0 Å². The van der Waals surface area contributed by atoms with E-state index < -0.39 is 0 Å². The van der Waals surface area contributed by atoms with E-state index in [2.05, 4.69) is 4.90 Å². The third kappa shape index (κ3) is 5.45. The second-order valence-electron chi connectivity index (χ2n) is 10.5. The lowest BCUT2D eigenvalue weighted by molar-refractivity contribution is -0.134. The highest BCUT2D eigenvalue weighted by atomic mass is 16.5. The Bertz CT molecular complexity index is 1230.